The lowest BCUT2D eigenvalue weighted by molar-refractivity contribution is 0.187. The van der Waals surface area contributed by atoms with E-state index in [1.807, 2.05) is 17.6 Å². The van der Waals surface area contributed by atoms with Gasteiger partial charge in [0.05, 0.1) is 18.0 Å². The molecule has 2 aromatic heterocycles. The number of aromatic nitrogens is 3. The fourth-order valence-corrected chi connectivity index (χ4v) is 3.79. The van der Waals surface area contributed by atoms with E-state index in [9.17, 15) is 8.42 Å². The van der Waals surface area contributed by atoms with Crippen LogP contribution in [0.3, 0.4) is 0 Å². The minimum Gasteiger partial charge on any atom is -0.383 e. The third-order valence-electron chi connectivity index (χ3n) is 3.98. The van der Waals surface area contributed by atoms with Gasteiger partial charge in [0, 0.05) is 24.9 Å². The minimum atomic E-state index is -3.71. The Morgan fingerprint density at radius 2 is 2.12 bits per heavy atom. The molecule has 0 atom stereocenters. The molecule has 3 aromatic rings. The first kappa shape index (κ1) is 18.8. The Morgan fingerprint density at radius 1 is 1.31 bits per heavy atom. The Kier molecular flexibility index (Phi) is 5.57. The molecule has 1 N–H and O–H groups in total. The number of ether oxygens (including phenoxy) is 1. The average Bonchev–Trinajstić information content (AvgIpc) is 2.98. The van der Waals surface area contributed by atoms with Crippen molar-refractivity contribution < 1.29 is 13.2 Å². The number of hydrogen-bond donors (Lipinski definition) is 1. The number of methoxy groups -OCH3 is 1. The Bertz CT molecular complexity index is 1030. The summed E-state index contributed by atoms with van der Waals surface area (Å²) in [7, 11) is -2.10. The number of hydrogen-bond acceptors (Lipinski definition) is 5. The first-order valence-electron chi connectivity index (χ1n) is 7.97. The molecule has 9 heteroatoms. The van der Waals surface area contributed by atoms with Gasteiger partial charge in [-0.25, -0.2) is 23.1 Å². The molecular formula is C17H19ClN4O3S. The molecule has 0 aliphatic heterocycles. The molecule has 0 radical (unpaired) electrons. The highest BCUT2D eigenvalue weighted by Gasteiger charge is 2.18. The zero-order valence-corrected chi connectivity index (χ0v) is 16.0. The molecule has 138 valence electrons. The van der Waals surface area contributed by atoms with Crippen LogP contribution in [0.25, 0.3) is 11.2 Å². The highest BCUT2D eigenvalue weighted by Crippen LogP contribution is 2.20. The zero-order valence-electron chi connectivity index (χ0n) is 14.4. The number of fused-ring (bicyclic) bond motifs is 1. The van der Waals surface area contributed by atoms with Gasteiger partial charge in [0.15, 0.2) is 5.65 Å². The molecule has 0 amide bonds. The Labute approximate surface area is 157 Å². The molecule has 0 saturated heterocycles. The fourth-order valence-electron chi connectivity index (χ4n) is 2.54. The molecule has 2 heterocycles. The van der Waals surface area contributed by atoms with Crippen molar-refractivity contribution in [1.29, 1.82) is 0 Å². The Balaban J connectivity index is 1.87. The second-order valence-electron chi connectivity index (χ2n) is 5.75. The summed E-state index contributed by atoms with van der Waals surface area (Å²) in [5.74, 6) is 0.567. The van der Waals surface area contributed by atoms with Crippen molar-refractivity contribution in [3.05, 3.63) is 52.9 Å². The summed E-state index contributed by atoms with van der Waals surface area (Å²) in [5, 5.41) is 0.407. The highest BCUT2D eigenvalue weighted by molar-refractivity contribution is 7.89. The van der Waals surface area contributed by atoms with Gasteiger partial charge in [-0.15, -0.1) is 0 Å². The van der Waals surface area contributed by atoms with Gasteiger partial charge < -0.3 is 9.30 Å². The van der Waals surface area contributed by atoms with Crippen LogP contribution in [0.5, 0.6) is 0 Å². The number of halogens is 1. The van der Waals surface area contributed by atoms with Crippen LogP contribution < -0.4 is 4.72 Å². The van der Waals surface area contributed by atoms with Gasteiger partial charge in [0.1, 0.15) is 11.3 Å². The van der Waals surface area contributed by atoms with E-state index in [4.69, 9.17) is 16.3 Å². The SMILES string of the molecule is COCCn1c(CNS(=O)(=O)c2ccc(C)c(Cl)c2)nc2cccnc21. The predicted octanol–water partition coefficient (Wildman–Crippen LogP) is 2.52. The monoisotopic (exact) mass is 394 g/mol. The molecule has 3 rings (SSSR count). The van der Waals surface area contributed by atoms with Crippen molar-refractivity contribution in [3.8, 4) is 0 Å². The number of benzene rings is 1. The fraction of sp³-hybridized carbons (Fsp3) is 0.294. The van der Waals surface area contributed by atoms with E-state index < -0.39 is 10.0 Å². The molecule has 1 aromatic carbocycles. The normalized spacial score (nSPS) is 12.0. The molecule has 7 nitrogen and oxygen atoms in total. The van der Waals surface area contributed by atoms with E-state index in [2.05, 4.69) is 14.7 Å². The van der Waals surface area contributed by atoms with E-state index >= 15 is 0 Å². The van der Waals surface area contributed by atoms with Crippen LogP contribution in [0, 0.1) is 6.92 Å². The molecule has 26 heavy (non-hydrogen) atoms. The van der Waals surface area contributed by atoms with Crippen molar-refractivity contribution in [2.75, 3.05) is 13.7 Å². The smallest absolute Gasteiger partial charge is 0.241 e. The maximum Gasteiger partial charge on any atom is 0.241 e. The van der Waals surface area contributed by atoms with Crippen LogP contribution in [0.1, 0.15) is 11.4 Å². The van der Waals surface area contributed by atoms with Gasteiger partial charge in [-0.05, 0) is 36.8 Å². The Morgan fingerprint density at radius 3 is 2.85 bits per heavy atom. The second-order valence-corrected chi connectivity index (χ2v) is 7.93. The molecule has 0 fully saturated rings. The number of sulfonamides is 1. The maximum atomic E-state index is 12.6. The van der Waals surface area contributed by atoms with Crippen molar-refractivity contribution in [2.24, 2.45) is 0 Å². The largest absolute Gasteiger partial charge is 0.383 e. The van der Waals surface area contributed by atoms with Crippen molar-refractivity contribution >= 4 is 32.8 Å². The molecule has 0 aliphatic carbocycles. The van der Waals surface area contributed by atoms with E-state index in [-0.39, 0.29) is 11.4 Å². The average molecular weight is 395 g/mol. The minimum absolute atomic E-state index is 0.0356. The molecule has 0 aliphatic rings. The maximum absolute atomic E-state index is 12.6. The number of rotatable bonds is 7. The molecule has 0 spiro atoms. The van der Waals surface area contributed by atoms with Gasteiger partial charge in [0.25, 0.3) is 0 Å². The predicted molar refractivity (Wildman–Crippen MR) is 99.6 cm³/mol. The number of nitrogens with one attached hydrogen (secondary N) is 1. The summed E-state index contributed by atoms with van der Waals surface area (Å²) in [6, 6.07) is 8.27. The summed E-state index contributed by atoms with van der Waals surface area (Å²) in [6.45, 7) is 2.85. The van der Waals surface area contributed by atoms with Crippen molar-refractivity contribution in [2.45, 2.75) is 24.9 Å². The van der Waals surface area contributed by atoms with Crippen LogP contribution >= 0.6 is 11.6 Å². The van der Waals surface area contributed by atoms with Crippen LogP contribution in [0.15, 0.2) is 41.4 Å². The van der Waals surface area contributed by atoms with Crippen LogP contribution in [0.2, 0.25) is 5.02 Å². The van der Waals surface area contributed by atoms with Gasteiger partial charge in [-0.2, -0.15) is 0 Å². The molecule has 0 bridgehead atoms. The third kappa shape index (κ3) is 3.88. The van der Waals surface area contributed by atoms with E-state index in [1.54, 1.807) is 25.4 Å². The van der Waals surface area contributed by atoms with Gasteiger partial charge in [-0.1, -0.05) is 17.7 Å². The van der Waals surface area contributed by atoms with Gasteiger partial charge in [0.2, 0.25) is 10.0 Å². The lowest BCUT2D eigenvalue weighted by Gasteiger charge is -2.10. The van der Waals surface area contributed by atoms with E-state index in [0.29, 0.717) is 35.2 Å². The molecule has 0 saturated carbocycles. The Hall–Kier alpha value is -2.00. The first-order valence-corrected chi connectivity index (χ1v) is 9.83. The topological polar surface area (TPSA) is 86.1 Å². The highest BCUT2D eigenvalue weighted by atomic mass is 35.5. The van der Waals surface area contributed by atoms with Crippen LogP contribution in [-0.2, 0) is 27.8 Å². The first-order chi connectivity index (χ1) is 12.4. The summed E-state index contributed by atoms with van der Waals surface area (Å²) in [5.41, 5.74) is 2.21. The number of nitrogens with zero attached hydrogens (tertiary/aromatic N) is 3. The van der Waals surface area contributed by atoms with Gasteiger partial charge in [-0.3, -0.25) is 0 Å². The lowest BCUT2D eigenvalue weighted by atomic mass is 10.2. The summed E-state index contributed by atoms with van der Waals surface area (Å²) >= 11 is 6.04. The van der Waals surface area contributed by atoms with Gasteiger partial charge >= 0.3 is 0 Å². The molecular weight excluding hydrogens is 376 g/mol. The standard InChI is InChI=1S/C17H19ClN4O3S/c1-12-5-6-13(10-14(12)18)26(23,24)20-11-16-21-15-4-3-7-19-17(15)22(16)8-9-25-2/h3-7,10,20H,8-9,11H2,1-2H3. The third-order valence-corrected chi connectivity index (χ3v) is 5.78. The zero-order chi connectivity index (χ0) is 18.7. The van der Waals surface area contributed by atoms with Crippen LogP contribution in [-0.4, -0.2) is 36.7 Å². The molecule has 0 unspecified atom stereocenters. The summed E-state index contributed by atoms with van der Waals surface area (Å²) in [6.07, 6.45) is 1.68. The van der Waals surface area contributed by atoms with E-state index in [1.165, 1.54) is 12.1 Å². The summed E-state index contributed by atoms with van der Waals surface area (Å²) in [4.78, 5) is 8.93. The van der Waals surface area contributed by atoms with Crippen molar-refractivity contribution in [1.82, 2.24) is 19.3 Å². The lowest BCUT2D eigenvalue weighted by Crippen LogP contribution is -2.25. The number of imidazole rings is 1. The van der Waals surface area contributed by atoms with Crippen LogP contribution in [0.4, 0.5) is 0 Å². The quantitative estimate of drug-likeness (QED) is 0.665. The van der Waals surface area contributed by atoms with Crippen molar-refractivity contribution in [3.63, 3.8) is 0 Å². The van der Waals surface area contributed by atoms with E-state index in [0.717, 1.165) is 5.56 Å². The number of aryl methyl sites for hydroxylation is 1. The number of pyridine rings is 1. The second kappa shape index (κ2) is 7.71. The summed E-state index contributed by atoms with van der Waals surface area (Å²) < 4.78 is 34.7.